The average molecular weight is 222 g/mol. The van der Waals surface area contributed by atoms with Gasteiger partial charge in [0.1, 0.15) is 5.82 Å². The molecule has 1 aromatic rings. The van der Waals surface area contributed by atoms with E-state index in [1.54, 1.807) is 6.07 Å². The molecule has 0 radical (unpaired) electrons. The zero-order valence-corrected chi connectivity index (χ0v) is 9.70. The van der Waals surface area contributed by atoms with Crippen LogP contribution in [0.15, 0.2) is 24.3 Å². The summed E-state index contributed by atoms with van der Waals surface area (Å²) in [4.78, 5) is 0. The van der Waals surface area contributed by atoms with E-state index in [0.717, 1.165) is 24.3 Å². The second-order valence-corrected chi connectivity index (χ2v) is 5.02. The van der Waals surface area contributed by atoms with Crippen LogP contribution in [0.5, 0.6) is 0 Å². The number of aliphatic hydroxyl groups excluding tert-OH is 1. The predicted molar refractivity (Wildman–Crippen MR) is 62.5 cm³/mol. The van der Waals surface area contributed by atoms with Crippen molar-refractivity contribution in [3.05, 3.63) is 35.6 Å². The molecule has 2 heteroatoms. The predicted octanol–water partition coefficient (Wildman–Crippen LogP) is 3.69. The van der Waals surface area contributed by atoms with Crippen LogP contribution in [-0.4, -0.2) is 5.11 Å². The van der Waals surface area contributed by atoms with Crippen LogP contribution in [0.4, 0.5) is 4.39 Å². The van der Waals surface area contributed by atoms with Crippen LogP contribution < -0.4 is 0 Å². The summed E-state index contributed by atoms with van der Waals surface area (Å²) in [5.74, 6) is 0.815. The Bertz CT molecular complexity index is 342. The molecule has 1 aliphatic rings. The molecular formula is C14H19FO. The van der Waals surface area contributed by atoms with Crippen molar-refractivity contribution < 1.29 is 9.50 Å². The highest BCUT2D eigenvalue weighted by Gasteiger charge is 2.25. The van der Waals surface area contributed by atoms with Gasteiger partial charge < -0.3 is 5.11 Å². The minimum atomic E-state index is -0.497. The van der Waals surface area contributed by atoms with Gasteiger partial charge in [-0.2, -0.15) is 0 Å². The zero-order chi connectivity index (χ0) is 11.5. The lowest BCUT2D eigenvalue weighted by Gasteiger charge is -2.30. The topological polar surface area (TPSA) is 20.2 Å². The van der Waals surface area contributed by atoms with E-state index >= 15 is 0 Å². The third kappa shape index (κ3) is 2.62. The highest BCUT2D eigenvalue weighted by atomic mass is 19.1. The monoisotopic (exact) mass is 222 g/mol. The molecule has 0 aliphatic heterocycles. The molecule has 1 fully saturated rings. The summed E-state index contributed by atoms with van der Waals surface area (Å²) in [5, 5.41) is 10.2. The number of rotatable bonds is 2. The molecule has 0 saturated heterocycles. The second kappa shape index (κ2) is 4.96. The lowest BCUT2D eigenvalue weighted by Crippen LogP contribution is -2.19. The third-order valence-corrected chi connectivity index (χ3v) is 3.70. The largest absolute Gasteiger partial charge is 0.388 e. The third-order valence-electron chi connectivity index (χ3n) is 3.70. The summed E-state index contributed by atoms with van der Waals surface area (Å²) in [6.07, 6.45) is 3.97. The lowest BCUT2D eigenvalue weighted by molar-refractivity contribution is 0.0753. The van der Waals surface area contributed by atoms with Gasteiger partial charge in [0, 0.05) is 0 Å². The van der Waals surface area contributed by atoms with Crippen molar-refractivity contribution in [3.63, 3.8) is 0 Å². The Hall–Kier alpha value is -0.890. The van der Waals surface area contributed by atoms with Crippen LogP contribution in [0.1, 0.15) is 44.3 Å². The van der Waals surface area contributed by atoms with Crippen LogP contribution in [0.3, 0.4) is 0 Å². The Morgan fingerprint density at radius 2 is 1.94 bits per heavy atom. The van der Waals surface area contributed by atoms with Crippen molar-refractivity contribution in [2.24, 2.45) is 11.8 Å². The number of benzene rings is 1. The van der Waals surface area contributed by atoms with Gasteiger partial charge in [0.2, 0.25) is 0 Å². The molecule has 0 spiro atoms. The van der Waals surface area contributed by atoms with Crippen LogP contribution in [0, 0.1) is 17.7 Å². The summed E-state index contributed by atoms with van der Waals surface area (Å²) < 4.78 is 13.0. The number of aliphatic hydroxyl groups is 1. The van der Waals surface area contributed by atoms with E-state index in [1.807, 2.05) is 6.07 Å². The lowest BCUT2D eigenvalue weighted by atomic mass is 9.78. The molecule has 1 N–H and O–H groups in total. The molecule has 88 valence electrons. The molecular weight excluding hydrogens is 203 g/mol. The highest BCUT2D eigenvalue weighted by Crippen LogP contribution is 2.36. The SMILES string of the molecule is CC1CCC(C(O)c2cccc(F)c2)CC1. The summed E-state index contributed by atoms with van der Waals surface area (Å²) in [6.45, 7) is 2.25. The molecule has 0 heterocycles. The molecule has 0 bridgehead atoms. The van der Waals surface area contributed by atoms with Gasteiger partial charge in [0.15, 0.2) is 0 Å². The quantitative estimate of drug-likeness (QED) is 0.809. The van der Waals surface area contributed by atoms with E-state index in [4.69, 9.17) is 0 Å². The van der Waals surface area contributed by atoms with Crippen molar-refractivity contribution in [3.8, 4) is 0 Å². The van der Waals surface area contributed by atoms with E-state index in [9.17, 15) is 9.50 Å². The zero-order valence-electron chi connectivity index (χ0n) is 9.70. The van der Waals surface area contributed by atoms with Gasteiger partial charge >= 0.3 is 0 Å². The summed E-state index contributed by atoms with van der Waals surface area (Å²) in [5.41, 5.74) is 0.722. The molecule has 1 aliphatic carbocycles. The molecule has 1 atom stereocenters. The summed E-state index contributed by atoms with van der Waals surface area (Å²) >= 11 is 0. The van der Waals surface area contributed by atoms with Crippen LogP contribution in [-0.2, 0) is 0 Å². The van der Waals surface area contributed by atoms with Gasteiger partial charge in [-0.05, 0) is 42.4 Å². The minimum absolute atomic E-state index is 0.263. The van der Waals surface area contributed by atoms with Crippen molar-refractivity contribution >= 4 is 0 Å². The van der Waals surface area contributed by atoms with E-state index in [2.05, 4.69) is 6.92 Å². The maximum Gasteiger partial charge on any atom is 0.123 e. The highest BCUT2D eigenvalue weighted by molar-refractivity contribution is 5.19. The molecule has 1 unspecified atom stereocenters. The average Bonchev–Trinajstić information content (AvgIpc) is 2.29. The molecule has 1 aromatic carbocycles. The fourth-order valence-electron chi connectivity index (χ4n) is 2.56. The second-order valence-electron chi connectivity index (χ2n) is 5.02. The van der Waals surface area contributed by atoms with Crippen LogP contribution >= 0.6 is 0 Å². The fourth-order valence-corrected chi connectivity index (χ4v) is 2.56. The Morgan fingerprint density at radius 3 is 2.56 bits per heavy atom. The Labute approximate surface area is 96.3 Å². The van der Waals surface area contributed by atoms with Crippen molar-refractivity contribution in [1.82, 2.24) is 0 Å². The molecule has 0 aromatic heterocycles. The number of hydrogen-bond acceptors (Lipinski definition) is 1. The summed E-state index contributed by atoms with van der Waals surface area (Å²) in [6, 6.07) is 6.34. The van der Waals surface area contributed by atoms with Gasteiger partial charge in [0.25, 0.3) is 0 Å². The van der Waals surface area contributed by atoms with Gasteiger partial charge in [-0.3, -0.25) is 0 Å². The van der Waals surface area contributed by atoms with Gasteiger partial charge in [-0.15, -0.1) is 0 Å². The minimum Gasteiger partial charge on any atom is -0.388 e. The van der Waals surface area contributed by atoms with Gasteiger partial charge in [0.05, 0.1) is 6.10 Å². The fraction of sp³-hybridized carbons (Fsp3) is 0.571. The smallest absolute Gasteiger partial charge is 0.123 e. The standard InChI is InChI=1S/C14H19FO/c1-10-5-7-11(8-6-10)14(16)12-3-2-4-13(15)9-12/h2-4,9-11,14,16H,5-8H2,1H3. The summed E-state index contributed by atoms with van der Waals surface area (Å²) in [7, 11) is 0. The molecule has 0 amide bonds. The van der Waals surface area contributed by atoms with Crippen molar-refractivity contribution in [2.75, 3.05) is 0 Å². The maximum absolute atomic E-state index is 13.0. The molecule has 16 heavy (non-hydrogen) atoms. The first-order chi connectivity index (χ1) is 7.66. The van der Waals surface area contributed by atoms with E-state index in [-0.39, 0.29) is 5.82 Å². The first-order valence-corrected chi connectivity index (χ1v) is 6.10. The van der Waals surface area contributed by atoms with Crippen LogP contribution in [0.2, 0.25) is 0 Å². The molecule has 2 rings (SSSR count). The van der Waals surface area contributed by atoms with Crippen molar-refractivity contribution in [2.45, 2.75) is 38.7 Å². The Balaban J connectivity index is 2.04. The van der Waals surface area contributed by atoms with Crippen molar-refractivity contribution in [1.29, 1.82) is 0 Å². The van der Waals surface area contributed by atoms with Gasteiger partial charge in [-0.25, -0.2) is 4.39 Å². The number of halogens is 1. The Kier molecular flexibility index (Phi) is 3.59. The first kappa shape index (κ1) is 11.6. The van der Waals surface area contributed by atoms with Crippen LogP contribution in [0.25, 0.3) is 0 Å². The maximum atomic E-state index is 13.0. The number of hydrogen-bond donors (Lipinski definition) is 1. The van der Waals surface area contributed by atoms with E-state index in [0.29, 0.717) is 5.92 Å². The molecule has 1 nitrogen and oxygen atoms in total. The first-order valence-electron chi connectivity index (χ1n) is 6.10. The van der Waals surface area contributed by atoms with Gasteiger partial charge in [-0.1, -0.05) is 31.9 Å². The van der Waals surface area contributed by atoms with E-state index < -0.39 is 6.10 Å². The normalized spacial score (nSPS) is 27.7. The molecule has 1 saturated carbocycles. The van der Waals surface area contributed by atoms with E-state index in [1.165, 1.54) is 25.0 Å². The Morgan fingerprint density at radius 1 is 1.25 bits per heavy atom.